The molecule has 1 heterocycles. The molecule has 0 saturated carbocycles. The molecule has 5 aromatic carbocycles. The fourth-order valence-electron chi connectivity index (χ4n) is 5.62. The first kappa shape index (κ1) is 30.7. The highest BCUT2D eigenvalue weighted by Gasteiger charge is 2.33. The zero-order valence-corrected chi connectivity index (χ0v) is 25.5. The molecular weight excluding hydrogens is 584 g/mol. The number of fused-ring (bicyclic) bond motifs is 1. The summed E-state index contributed by atoms with van der Waals surface area (Å²) in [6, 6.07) is 34.8. The van der Waals surface area contributed by atoms with Crippen molar-refractivity contribution in [2.24, 2.45) is 0 Å². The lowest BCUT2D eigenvalue weighted by Crippen LogP contribution is -2.26. The lowest BCUT2D eigenvalue weighted by atomic mass is 9.84. The molecule has 1 aromatic heterocycles. The molecule has 1 N–H and O–H groups in total. The zero-order valence-electron chi connectivity index (χ0n) is 25.5. The summed E-state index contributed by atoms with van der Waals surface area (Å²) in [5, 5.41) is 11.3. The first-order chi connectivity index (χ1) is 22.2. The van der Waals surface area contributed by atoms with Crippen LogP contribution in [-0.2, 0) is 23.4 Å². The average molecular weight is 618 g/mol. The summed E-state index contributed by atoms with van der Waals surface area (Å²) in [7, 11) is 0. The topological polar surface area (TPSA) is 60.7 Å². The van der Waals surface area contributed by atoms with E-state index >= 15 is 4.39 Å². The van der Waals surface area contributed by atoms with E-state index in [0.717, 1.165) is 22.3 Å². The molecule has 0 amide bonds. The minimum absolute atomic E-state index is 0.0803. The van der Waals surface area contributed by atoms with Gasteiger partial charge in [0.1, 0.15) is 30.6 Å². The Labute approximate surface area is 266 Å². The molecule has 0 atom stereocenters. The summed E-state index contributed by atoms with van der Waals surface area (Å²) < 4.78 is 43.2. The Kier molecular flexibility index (Phi) is 8.68. The molecule has 0 unspecified atom stereocenters. The molecule has 0 aliphatic rings. The van der Waals surface area contributed by atoms with Crippen molar-refractivity contribution in [3.8, 4) is 22.6 Å². The van der Waals surface area contributed by atoms with Gasteiger partial charge in [0.25, 0.3) is 0 Å². The maximum absolute atomic E-state index is 15.4. The molecule has 6 aromatic rings. The Balaban J connectivity index is 1.50. The predicted molar refractivity (Wildman–Crippen MR) is 175 cm³/mol. The SMILES string of the molecule is CC(C)(CO)c1c(-c2ccc(COC(=O)c3ccccc3)cc2)c2c(OCc3ccccc3)cc(F)cc2n1-c1ccc(F)cc1. The van der Waals surface area contributed by atoms with Crippen LogP contribution in [0.25, 0.3) is 27.7 Å². The minimum Gasteiger partial charge on any atom is -0.488 e. The minimum atomic E-state index is -0.820. The lowest BCUT2D eigenvalue weighted by molar-refractivity contribution is 0.0472. The third kappa shape index (κ3) is 6.28. The number of hydrogen-bond donors (Lipinski definition) is 1. The van der Waals surface area contributed by atoms with Crippen molar-refractivity contribution < 1.29 is 28.2 Å². The van der Waals surface area contributed by atoms with E-state index in [1.54, 1.807) is 36.4 Å². The van der Waals surface area contributed by atoms with Crippen molar-refractivity contribution in [1.29, 1.82) is 0 Å². The van der Waals surface area contributed by atoms with E-state index in [0.29, 0.717) is 33.6 Å². The number of halogens is 2. The highest BCUT2D eigenvalue weighted by atomic mass is 19.1. The highest BCUT2D eigenvalue weighted by molar-refractivity contribution is 6.04. The van der Waals surface area contributed by atoms with Crippen molar-refractivity contribution in [2.45, 2.75) is 32.5 Å². The number of esters is 1. The van der Waals surface area contributed by atoms with Gasteiger partial charge < -0.3 is 19.1 Å². The Morgan fingerprint density at radius 3 is 2.04 bits per heavy atom. The van der Waals surface area contributed by atoms with Gasteiger partial charge in [0.15, 0.2) is 0 Å². The van der Waals surface area contributed by atoms with Gasteiger partial charge in [-0.3, -0.25) is 0 Å². The van der Waals surface area contributed by atoms with Crippen LogP contribution < -0.4 is 4.74 Å². The van der Waals surface area contributed by atoms with Crippen molar-refractivity contribution >= 4 is 16.9 Å². The van der Waals surface area contributed by atoms with Crippen LogP contribution in [0.2, 0.25) is 0 Å². The number of aromatic nitrogens is 1. The lowest BCUT2D eigenvalue weighted by Gasteiger charge is -2.27. The van der Waals surface area contributed by atoms with E-state index in [-0.39, 0.29) is 19.8 Å². The molecule has 0 saturated heterocycles. The quantitative estimate of drug-likeness (QED) is 0.156. The summed E-state index contributed by atoms with van der Waals surface area (Å²) in [4.78, 5) is 12.5. The van der Waals surface area contributed by atoms with Crippen LogP contribution in [0.3, 0.4) is 0 Å². The molecule has 0 radical (unpaired) electrons. The van der Waals surface area contributed by atoms with E-state index in [9.17, 15) is 14.3 Å². The van der Waals surface area contributed by atoms with E-state index in [1.807, 2.05) is 79.1 Å². The zero-order chi connectivity index (χ0) is 32.3. The molecule has 7 heteroatoms. The number of carbonyl (C=O) groups excluding carboxylic acids is 1. The van der Waals surface area contributed by atoms with E-state index in [1.165, 1.54) is 24.3 Å². The van der Waals surface area contributed by atoms with Gasteiger partial charge in [-0.2, -0.15) is 0 Å². The summed E-state index contributed by atoms with van der Waals surface area (Å²) in [5.74, 6) is -0.969. The number of aliphatic hydroxyl groups is 1. The molecule has 5 nitrogen and oxygen atoms in total. The largest absolute Gasteiger partial charge is 0.488 e. The first-order valence-corrected chi connectivity index (χ1v) is 15.0. The molecule has 0 aliphatic carbocycles. The molecule has 232 valence electrons. The summed E-state index contributed by atoms with van der Waals surface area (Å²) >= 11 is 0. The number of carbonyl (C=O) groups is 1. The molecule has 0 spiro atoms. The van der Waals surface area contributed by atoms with Crippen LogP contribution in [0.5, 0.6) is 5.75 Å². The van der Waals surface area contributed by atoms with Crippen LogP contribution in [0, 0.1) is 11.6 Å². The van der Waals surface area contributed by atoms with Gasteiger partial charge >= 0.3 is 5.97 Å². The second kappa shape index (κ2) is 13.0. The Morgan fingerprint density at radius 2 is 1.39 bits per heavy atom. The van der Waals surface area contributed by atoms with Gasteiger partial charge in [-0.1, -0.05) is 86.6 Å². The van der Waals surface area contributed by atoms with Crippen LogP contribution in [0.15, 0.2) is 121 Å². The summed E-state index contributed by atoms with van der Waals surface area (Å²) in [5.41, 5.74) is 4.72. The number of nitrogens with zero attached hydrogens (tertiary/aromatic N) is 1. The molecular formula is C39H33F2NO4. The molecule has 46 heavy (non-hydrogen) atoms. The molecule has 0 fully saturated rings. The Bertz CT molecular complexity index is 1970. The van der Waals surface area contributed by atoms with Crippen molar-refractivity contribution in [1.82, 2.24) is 4.57 Å². The monoisotopic (exact) mass is 617 g/mol. The number of benzene rings is 5. The maximum Gasteiger partial charge on any atom is 0.338 e. The molecule has 0 aliphatic heterocycles. The van der Waals surface area contributed by atoms with Crippen LogP contribution in [-0.4, -0.2) is 22.2 Å². The Hall–Kier alpha value is -5.27. The van der Waals surface area contributed by atoms with Crippen molar-refractivity contribution in [3.63, 3.8) is 0 Å². The smallest absolute Gasteiger partial charge is 0.338 e. The average Bonchev–Trinajstić information content (AvgIpc) is 3.43. The summed E-state index contributed by atoms with van der Waals surface area (Å²) in [6.07, 6.45) is 0. The molecule has 0 bridgehead atoms. The van der Waals surface area contributed by atoms with E-state index in [4.69, 9.17) is 9.47 Å². The predicted octanol–water partition coefficient (Wildman–Crippen LogP) is 8.78. The second-order valence-electron chi connectivity index (χ2n) is 11.8. The van der Waals surface area contributed by atoms with Gasteiger partial charge in [-0.25, -0.2) is 13.6 Å². The third-order valence-electron chi connectivity index (χ3n) is 7.98. The number of aliphatic hydroxyl groups excluding tert-OH is 1. The first-order valence-electron chi connectivity index (χ1n) is 15.0. The Morgan fingerprint density at radius 1 is 0.761 bits per heavy atom. The van der Waals surface area contributed by atoms with Gasteiger partial charge in [-0.05, 0) is 59.2 Å². The van der Waals surface area contributed by atoms with Gasteiger partial charge in [0.2, 0.25) is 0 Å². The van der Waals surface area contributed by atoms with Gasteiger partial charge in [0, 0.05) is 28.4 Å². The van der Waals surface area contributed by atoms with Crippen LogP contribution >= 0.6 is 0 Å². The van der Waals surface area contributed by atoms with Gasteiger partial charge in [-0.15, -0.1) is 0 Å². The van der Waals surface area contributed by atoms with Gasteiger partial charge in [0.05, 0.1) is 23.1 Å². The highest BCUT2D eigenvalue weighted by Crippen LogP contribution is 2.46. The maximum atomic E-state index is 15.4. The number of hydrogen-bond acceptors (Lipinski definition) is 4. The standard InChI is InChI=1S/C39H33F2NO4/c1-39(2,25-43)37-35(28-15-13-27(14-16-28)24-46-38(44)29-11-7-4-8-12-29)36-33(42(37)32-19-17-30(40)18-20-32)21-31(41)22-34(36)45-23-26-9-5-3-6-10-26/h3-22,43H,23-25H2,1-2H3. The number of rotatable bonds is 10. The van der Waals surface area contributed by atoms with E-state index < -0.39 is 23.0 Å². The van der Waals surface area contributed by atoms with E-state index in [2.05, 4.69) is 0 Å². The third-order valence-corrected chi connectivity index (χ3v) is 7.98. The second-order valence-corrected chi connectivity index (χ2v) is 11.8. The number of ether oxygens (including phenoxy) is 2. The summed E-state index contributed by atoms with van der Waals surface area (Å²) in [6.45, 7) is 3.89. The van der Waals surface area contributed by atoms with Crippen LogP contribution in [0.4, 0.5) is 8.78 Å². The van der Waals surface area contributed by atoms with Crippen LogP contribution in [0.1, 0.15) is 41.0 Å². The van der Waals surface area contributed by atoms with Crippen molar-refractivity contribution in [2.75, 3.05) is 6.61 Å². The fraction of sp³-hybridized carbons (Fsp3) is 0.154. The fourth-order valence-corrected chi connectivity index (χ4v) is 5.62. The molecule has 6 rings (SSSR count). The van der Waals surface area contributed by atoms with Crippen molar-refractivity contribution in [3.05, 3.63) is 155 Å². The normalized spacial score (nSPS) is 11.5.